The molecule has 25 heavy (non-hydrogen) atoms. The summed E-state index contributed by atoms with van der Waals surface area (Å²) in [7, 11) is 0. The molecule has 0 bridgehead atoms. The molecule has 138 valence electrons. The van der Waals surface area contributed by atoms with Crippen LogP contribution in [0.3, 0.4) is 0 Å². The van der Waals surface area contributed by atoms with Crippen LogP contribution < -0.4 is 0 Å². The standard InChI is InChI=1S/C22H33NO2/c1-3-5-7-12-18(13-8-6-4-2)14-11-17-23-21(24)19-15-9-10-16-20(19)22(23)25/h9-10,15-16,18H,3-8,11-14,17H2,1-2H3. The molecule has 0 aromatic heterocycles. The van der Waals surface area contributed by atoms with Gasteiger partial charge in [-0.05, 0) is 30.9 Å². The SMILES string of the molecule is CCCCCC(CCCCC)CCCN1C(=O)c2ccccc2C1=O. The van der Waals surface area contributed by atoms with Gasteiger partial charge in [0.05, 0.1) is 11.1 Å². The van der Waals surface area contributed by atoms with Gasteiger partial charge in [-0.25, -0.2) is 0 Å². The van der Waals surface area contributed by atoms with Gasteiger partial charge in [-0.3, -0.25) is 14.5 Å². The predicted molar refractivity (Wildman–Crippen MR) is 103 cm³/mol. The second-order valence-corrected chi connectivity index (χ2v) is 7.31. The number of amides is 2. The summed E-state index contributed by atoms with van der Waals surface area (Å²) in [6.07, 6.45) is 12.4. The molecule has 0 atom stereocenters. The lowest BCUT2D eigenvalue weighted by Crippen LogP contribution is -2.31. The number of imide groups is 1. The Hall–Kier alpha value is -1.64. The molecule has 0 saturated carbocycles. The smallest absolute Gasteiger partial charge is 0.261 e. The molecule has 1 aliphatic heterocycles. The number of rotatable bonds is 12. The van der Waals surface area contributed by atoms with Crippen molar-refractivity contribution in [2.75, 3.05) is 6.54 Å². The lowest BCUT2D eigenvalue weighted by molar-refractivity contribution is 0.0649. The van der Waals surface area contributed by atoms with E-state index in [-0.39, 0.29) is 11.8 Å². The number of hydrogen-bond donors (Lipinski definition) is 0. The lowest BCUT2D eigenvalue weighted by Gasteiger charge is -2.19. The van der Waals surface area contributed by atoms with Gasteiger partial charge in [0.1, 0.15) is 0 Å². The average molecular weight is 344 g/mol. The highest BCUT2D eigenvalue weighted by atomic mass is 16.2. The van der Waals surface area contributed by atoms with E-state index in [0.29, 0.717) is 17.7 Å². The quantitative estimate of drug-likeness (QED) is 0.353. The molecule has 1 aromatic rings. The van der Waals surface area contributed by atoms with E-state index in [4.69, 9.17) is 0 Å². The fraction of sp³-hybridized carbons (Fsp3) is 0.636. The summed E-state index contributed by atoms with van der Waals surface area (Å²) >= 11 is 0. The number of fused-ring (bicyclic) bond motifs is 1. The third-order valence-electron chi connectivity index (χ3n) is 5.30. The molecule has 2 rings (SSSR count). The van der Waals surface area contributed by atoms with Crippen molar-refractivity contribution in [3.63, 3.8) is 0 Å². The minimum Gasteiger partial charge on any atom is -0.274 e. The highest BCUT2D eigenvalue weighted by molar-refractivity contribution is 6.21. The molecule has 0 radical (unpaired) electrons. The van der Waals surface area contributed by atoms with E-state index in [1.54, 1.807) is 12.1 Å². The topological polar surface area (TPSA) is 37.4 Å². The minimum atomic E-state index is -0.117. The maximum Gasteiger partial charge on any atom is 0.261 e. The van der Waals surface area contributed by atoms with E-state index >= 15 is 0 Å². The Kier molecular flexibility index (Phi) is 8.17. The van der Waals surface area contributed by atoms with E-state index < -0.39 is 0 Å². The Morgan fingerprint density at radius 3 is 1.72 bits per heavy atom. The van der Waals surface area contributed by atoms with Crippen molar-refractivity contribution in [3.05, 3.63) is 35.4 Å². The minimum absolute atomic E-state index is 0.117. The molecule has 0 unspecified atom stereocenters. The molecule has 0 N–H and O–H groups in total. The summed E-state index contributed by atoms with van der Waals surface area (Å²) < 4.78 is 0. The van der Waals surface area contributed by atoms with Crippen LogP contribution >= 0.6 is 0 Å². The molecule has 3 heteroatoms. The Balaban J connectivity index is 1.82. The Morgan fingerprint density at radius 2 is 1.24 bits per heavy atom. The zero-order chi connectivity index (χ0) is 18.1. The van der Waals surface area contributed by atoms with Gasteiger partial charge < -0.3 is 0 Å². The van der Waals surface area contributed by atoms with Gasteiger partial charge in [0.15, 0.2) is 0 Å². The molecule has 0 spiro atoms. The monoisotopic (exact) mass is 343 g/mol. The van der Waals surface area contributed by atoms with Crippen LogP contribution in [-0.4, -0.2) is 23.3 Å². The maximum absolute atomic E-state index is 12.4. The van der Waals surface area contributed by atoms with E-state index in [9.17, 15) is 9.59 Å². The summed E-state index contributed by atoms with van der Waals surface area (Å²) in [6, 6.07) is 7.16. The van der Waals surface area contributed by atoms with Gasteiger partial charge in [0, 0.05) is 6.54 Å². The number of nitrogens with zero attached hydrogens (tertiary/aromatic N) is 1. The van der Waals surface area contributed by atoms with Crippen molar-refractivity contribution in [2.45, 2.75) is 78.1 Å². The average Bonchev–Trinajstić information content (AvgIpc) is 2.87. The first-order valence-electron chi connectivity index (χ1n) is 10.1. The molecule has 3 nitrogen and oxygen atoms in total. The summed E-state index contributed by atoms with van der Waals surface area (Å²) in [6.45, 7) is 5.05. The molecule has 1 aromatic carbocycles. The molecule has 0 aliphatic carbocycles. The first kappa shape index (κ1) is 19.7. The normalized spacial score (nSPS) is 13.8. The van der Waals surface area contributed by atoms with E-state index in [2.05, 4.69) is 13.8 Å². The molecule has 1 aliphatic rings. The first-order valence-corrected chi connectivity index (χ1v) is 10.1. The van der Waals surface area contributed by atoms with Gasteiger partial charge in [0.25, 0.3) is 11.8 Å². The highest BCUT2D eigenvalue weighted by Gasteiger charge is 2.34. The number of carbonyl (C=O) groups excluding carboxylic acids is 2. The van der Waals surface area contributed by atoms with Crippen LogP contribution in [0.5, 0.6) is 0 Å². The Bertz CT molecular complexity index is 522. The first-order chi connectivity index (χ1) is 12.2. The Morgan fingerprint density at radius 1 is 0.760 bits per heavy atom. The van der Waals surface area contributed by atoms with E-state index in [1.165, 1.54) is 56.3 Å². The number of hydrogen-bond acceptors (Lipinski definition) is 2. The van der Waals surface area contributed by atoms with Crippen LogP contribution in [0.1, 0.15) is 98.8 Å². The fourth-order valence-corrected chi connectivity index (χ4v) is 3.78. The summed E-state index contributed by atoms with van der Waals surface area (Å²) in [4.78, 5) is 26.3. The number of carbonyl (C=O) groups is 2. The van der Waals surface area contributed by atoms with Gasteiger partial charge in [-0.15, -0.1) is 0 Å². The number of benzene rings is 1. The maximum atomic E-state index is 12.4. The van der Waals surface area contributed by atoms with Gasteiger partial charge >= 0.3 is 0 Å². The Labute approximate surface area is 152 Å². The fourth-order valence-electron chi connectivity index (χ4n) is 3.78. The number of unbranched alkanes of at least 4 members (excludes halogenated alkanes) is 4. The van der Waals surface area contributed by atoms with Crippen LogP contribution in [0.4, 0.5) is 0 Å². The highest BCUT2D eigenvalue weighted by Crippen LogP contribution is 2.25. The van der Waals surface area contributed by atoms with Crippen LogP contribution in [0.2, 0.25) is 0 Å². The largest absolute Gasteiger partial charge is 0.274 e. The van der Waals surface area contributed by atoms with Crippen molar-refractivity contribution < 1.29 is 9.59 Å². The second kappa shape index (κ2) is 10.4. The van der Waals surface area contributed by atoms with Gasteiger partial charge in [-0.1, -0.05) is 77.3 Å². The zero-order valence-corrected chi connectivity index (χ0v) is 15.9. The third kappa shape index (κ3) is 5.42. The van der Waals surface area contributed by atoms with Crippen molar-refractivity contribution in [3.8, 4) is 0 Å². The summed E-state index contributed by atoms with van der Waals surface area (Å²) in [5.74, 6) is 0.511. The van der Waals surface area contributed by atoms with E-state index in [0.717, 1.165) is 18.8 Å². The van der Waals surface area contributed by atoms with Crippen molar-refractivity contribution in [2.24, 2.45) is 5.92 Å². The van der Waals surface area contributed by atoms with Crippen molar-refractivity contribution >= 4 is 11.8 Å². The van der Waals surface area contributed by atoms with Gasteiger partial charge in [-0.2, -0.15) is 0 Å². The predicted octanol–water partition coefficient (Wildman–Crippen LogP) is 5.84. The van der Waals surface area contributed by atoms with Crippen molar-refractivity contribution in [1.82, 2.24) is 4.90 Å². The zero-order valence-electron chi connectivity index (χ0n) is 15.9. The van der Waals surface area contributed by atoms with Crippen LogP contribution in [0, 0.1) is 5.92 Å². The second-order valence-electron chi connectivity index (χ2n) is 7.31. The summed E-state index contributed by atoms with van der Waals surface area (Å²) in [5, 5.41) is 0. The molecule has 1 heterocycles. The van der Waals surface area contributed by atoms with Crippen LogP contribution in [-0.2, 0) is 0 Å². The van der Waals surface area contributed by atoms with Crippen molar-refractivity contribution in [1.29, 1.82) is 0 Å². The van der Waals surface area contributed by atoms with Crippen LogP contribution in [0.25, 0.3) is 0 Å². The van der Waals surface area contributed by atoms with Crippen LogP contribution in [0.15, 0.2) is 24.3 Å². The van der Waals surface area contributed by atoms with E-state index in [1.807, 2.05) is 12.1 Å². The molecule has 0 fully saturated rings. The molecule has 0 saturated heterocycles. The lowest BCUT2D eigenvalue weighted by atomic mass is 9.91. The van der Waals surface area contributed by atoms with Gasteiger partial charge in [0.2, 0.25) is 0 Å². The third-order valence-corrected chi connectivity index (χ3v) is 5.30. The molecular weight excluding hydrogens is 310 g/mol. The molecule has 2 amide bonds. The summed E-state index contributed by atoms with van der Waals surface area (Å²) in [5.41, 5.74) is 1.13. The molecular formula is C22H33NO2.